The first-order valence-corrected chi connectivity index (χ1v) is 7.27. The van der Waals surface area contributed by atoms with Crippen LogP contribution in [0.3, 0.4) is 0 Å². The van der Waals surface area contributed by atoms with E-state index in [0.29, 0.717) is 6.04 Å². The number of hydrogen-bond donors (Lipinski definition) is 1. The fourth-order valence-corrected chi connectivity index (χ4v) is 2.75. The molecule has 1 heterocycles. The van der Waals surface area contributed by atoms with Gasteiger partial charge in [-0.2, -0.15) is 5.10 Å². The van der Waals surface area contributed by atoms with Crippen LogP contribution < -0.4 is 10.1 Å². The van der Waals surface area contributed by atoms with Crippen molar-refractivity contribution >= 4 is 5.69 Å². The second kappa shape index (κ2) is 5.99. The van der Waals surface area contributed by atoms with Crippen LogP contribution in [0.15, 0.2) is 36.5 Å². The molecule has 0 unspecified atom stereocenters. The predicted molar refractivity (Wildman–Crippen MR) is 80.1 cm³/mol. The van der Waals surface area contributed by atoms with E-state index in [1.165, 1.54) is 25.7 Å². The van der Waals surface area contributed by atoms with Gasteiger partial charge in [-0.15, -0.1) is 0 Å². The second-order valence-corrected chi connectivity index (χ2v) is 5.31. The molecule has 1 aliphatic carbocycles. The minimum atomic E-state index is 0.615. The summed E-state index contributed by atoms with van der Waals surface area (Å²) in [4.78, 5) is 0. The zero-order valence-corrected chi connectivity index (χ0v) is 11.9. The van der Waals surface area contributed by atoms with Crippen LogP contribution in [0, 0.1) is 0 Å². The molecule has 106 valence electrons. The second-order valence-electron chi connectivity index (χ2n) is 5.31. The Bertz CT molecular complexity index is 541. The molecule has 0 radical (unpaired) electrons. The summed E-state index contributed by atoms with van der Waals surface area (Å²) in [5.41, 5.74) is 2.17. The van der Waals surface area contributed by atoms with Crippen molar-refractivity contribution in [2.45, 2.75) is 38.3 Å². The molecule has 1 aromatic carbocycles. The zero-order valence-electron chi connectivity index (χ0n) is 11.9. The highest BCUT2D eigenvalue weighted by Crippen LogP contribution is 2.28. The van der Waals surface area contributed by atoms with Crippen LogP contribution in [-0.2, 0) is 6.54 Å². The molecule has 20 heavy (non-hydrogen) atoms. The Kier molecular flexibility index (Phi) is 3.90. The lowest BCUT2D eigenvalue weighted by molar-refractivity contribution is 0.415. The van der Waals surface area contributed by atoms with Crippen LogP contribution in [0.1, 0.15) is 37.4 Å². The number of ether oxygens (including phenoxy) is 1. The Hall–Kier alpha value is -1.97. The highest BCUT2D eigenvalue weighted by Gasteiger charge is 2.17. The SMILES string of the molecule is COc1ccc(NCc2ccn(C3CCCC3)n2)cc1. The van der Waals surface area contributed by atoms with Crippen LogP contribution in [0.2, 0.25) is 0 Å². The summed E-state index contributed by atoms with van der Waals surface area (Å²) in [7, 11) is 1.68. The number of rotatable bonds is 5. The van der Waals surface area contributed by atoms with E-state index in [4.69, 9.17) is 4.74 Å². The van der Waals surface area contributed by atoms with E-state index in [1.807, 2.05) is 24.3 Å². The van der Waals surface area contributed by atoms with Gasteiger partial charge in [-0.3, -0.25) is 4.68 Å². The molecule has 0 saturated heterocycles. The predicted octanol–water partition coefficient (Wildman–Crippen LogP) is 3.62. The molecule has 4 nitrogen and oxygen atoms in total. The molecule has 1 saturated carbocycles. The van der Waals surface area contributed by atoms with E-state index in [-0.39, 0.29) is 0 Å². The Labute approximate surface area is 119 Å². The molecule has 0 bridgehead atoms. The number of hydrogen-bond acceptors (Lipinski definition) is 3. The van der Waals surface area contributed by atoms with Gasteiger partial charge in [0.25, 0.3) is 0 Å². The topological polar surface area (TPSA) is 39.1 Å². The van der Waals surface area contributed by atoms with Gasteiger partial charge in [0.15, 0.2) is 0 Å². The van der Waals surface area contributed by atoms with E-state index in [2.05, 4.69) is 27.4 Å². The lowest BCUT2D eigenvalue weighted by Gasteiger charge is -2.09. The van der Waals surface area contributed by atoms with E-state index in [9.17, 15) is 0 Å². The molecule has 1 aliphatic rings. The normalized spacial score (nSPS) is 15.4. The molecule has 0 aliphatic heterocycles. The minimum absolute atomic E-state index is 0.615. The van der Waals surface area contributed by atoms with Gasteiger partial charge < -0.3 is 10.1 Å². The number of methoxy groups -OCH3 is 1. The van der Waals surface area contributed by atoms with Crippen molar-refractivity contribution in [2.75, 3.05) is 12.4 Å². The van der Waals surface area contributed by atoms with Crippen LogP contribution in [0.25, 0.3) is 0 Å². The van der Waals surface area contributed by atoms with Crippen molar-refractivity contribution in [1.29, 1.82) is 0 Å². The number of nitrogens with zero attached hydrogens (tertiary/aromatic N) is 2. The van der Waals surface area contributed by atoms with Gasteiger partial charge >= 0.3 is 0 Å². The summed E-state index contributed by atoms with van der Waals surface area (Å²) in [5.74, 6) is 0.876. The fraction of sp³-hybridized carbons (Fsp3) is 0.438. The number of anilines is 1. The zero-order chi connectivity index (χ0) is 13.8. The summed E-state index contributed by atoms with van der Waals surface area (Å²) < 4.78 is 7.29. The lowest BCUT2D eigenvalue weighted by Crippen LogP contribution is -2.07. The first kappa shape index (κ1) is 13.0. The summed E-state index contributed by atoms with van der Waals surface area (Å²) in [5, 5.41) is 8.06. The van der Waals surface area contributed by atoms with Crippen LogP contribution in [0.5, 0.6) is 5.75 Å². The molecule has 1 N–H and O–H groups in total. The van der Waals surface area contributed by atoms with Gasteiger partial charge in [-0.05, 0) is 43.2 Å². The molecule has 1 aromatic heterocycles. The average molecular weight is 271 g/mol. The van der Waals surface area contributed by atoms with Gasteiger partial charge in [-0.25, -0.2) is 0 Å². The summed E-state index contributed by atoms with van der Waals surface area (Å²) >= 11 is 0. The van der Waals surface area contributed by atoms with Gasteiger partial charge in [-0.1, -0.05) is 12.8 Å². The molecule has 0 atom stereocenters. The maximum Gasteiger partial charge on any atom is 0.119 e. The molecule has 3 rings (SSSR count). The summed E-state index contributed by atoms with van der Waals surface area (Å²) in [6, 6.07) is 10.7. The van der Waals surface area contributed by atoms with Gasteiger partial charge in [0.05, 0.1) is 25.4 Å². The molecule has 0 spiro atoms. The Morgan fingerprint density at radius 3 is 2.65 bits per heavy atom. The van der Waals surface area contributed by atoms with Gasteiger partial charge in [0.1, 0.15) is 5.75 Å². The number of nitrogens with one attached hydrogen (secondary N) is 1. The third-order valence-electron chi connectivity index (χ3n) is 3.93. The largest absolute Gasteiger partial charge is 0.497 e. The first-order chi connectivity index (χ1) is 9.85. The van der Waals surface area contributed by atoms with Gasteiger partial charge in [0.2, 0.25) is 0 Å². The van der Waals surface area contributed by atoms with E-state index >= 15 is 0 Å². The standard InChI is InChI=1S/C16H21N3O/c1-20-16-8-6-13(7-9-16)17-12-14-10-11-19(18-14)15-4-2-3-5-15/h6-11,15,17H,2-5,12H2,1H3. The maximum atomic E-state index is 5.15. The Balaban J connectivity index is 1.57. The third-order valence-corrected chi connectivity index (χ3v) is 3.93. The number of aromatic nitrogens is 2. The van der Waals surface area contributed by atoms with Crippen molar-refractivity contribution in [3.63, 3.8) is 0 Å². The molecule has 1 fully saturated rings. The van der Waals surface area contributed by atoms with Gasteiger partial charge in [0, 0.05) is 11.9 Å². The lowest BCUT2D eigenvalue weighted by atomic mass is 10.3. The average Bonchev–Trinajstić information content (AvgIpc) is 3.16. The monoisotopic (exact) mass is 271 g/mol. The van der Waals surface area contributed by atoms with E-state index < -0.39 is 0 Å². The Morgan fingerprint density at radius 1 is 1.20 bits per heavy atom. The van der Waals surface area contributed by atoms with Crippen LogP contribution in [0.4, 0.5) is 5.69 Å². The van der Waals surface area contributed by atoms with E-state index in [1.54, 1.807) is 7.11 Å². The highest BCUT2D eigenvalue weighted by atomic mass is 16.5. The minimum Gasteiger partial charge on any atom is -0.497 e. The third kappa shape index (κ3) is 2.95. The molecular weight excluding hydrogens is 250 g/mol. The maximum absolute atomic E-state index is 5.15. The Morgan fingerprint density at radius 2 is 1.95 bits per heavy atom. The first-order valence-electron chi connectivity index (χ1n) is 7.27. The molecule has 4 heteroatoms. The summed E-state index contributed by atoms with van der Waals surface area (Å²) in [6.07, 6.45) is 7.33. The smallest absolute Gasteiger partial charge is 0.119 e. The fourth-order valence-electron chi connectivity index (χ4n) is 2.75. The van der Waals surface area contributed by atoms with Crippen molar-refractivity contribution in [2.24, 2.45) is 0 Å². The quantitative estimate of drug-likeness (QED) is 0.902. The summed E-state index contributed by atoms with van der Waals surface area (Å²) in [6.45, 7) is 0.756. The molecule has 2 aromatic rings. The van der Waals surface area contributed by atoms with Crippen molar-refractivity contribution in [1.82, 2.24) is 9.78 Å². The van der Waals surface area contributed by atoms with E-state index in [0.717, 1.165) is 23.7 Å². The number of benzene rings is 1. The highest BCUT2D eigenvalue weighted by molar-refractivity contribution is 5.46. The van der Waals surface area contributed by atoms with Crippen molar-refractivity contribution in [3.05, 3.63) is 42.2 Å². The van der Waals surface area contributed by atoms with Crippen molar-refractivity contribution < 1.29 is 4.74 Å². The van der Waals surface area contributed by atoms with Crippen molar-refractivity contribution in [3.8, 4) is 5.75 Å². The molecule has 0 amide bonds. The van der Waals surface area contributed by atoms with Crippen LogP contribution in [-0.4, -0.2) is 16.9 Å². The molecular formula is C16H21N3O. The van der Waals surface area contributed by atoms with Crippen LogP contribution >= 0.6 is 0 Å².